The Morgan fingerprint density at radius 2 is 2.00 bits per heavy atom. The number of benzene rings is 2. The highest BCUT2D eigenvalue weighted by Gasteiger charge is 2.11. The van der Waals surface area contributed by atoms with Crippen molar-refractivity contribution in [1.29, 1.82) is 0 Å². The lowest BCUT2D eigenvalue weighted by atomic mass is 10.1. The molecule has 0 atom stereocenters. The van der Waals surface area contributed by atoms with Crippen LogP contribution in [-0.4, -0.2) is 24.0 Å². The molecule has 0 aliphatic heterocycles. The minimum atomic E-state index is -0.422. The lowest BCUT2D eigenvalue weighted by Gasteiger charge is -2.00. The number of nitrogens with zero attached hydrogens (tertiary/aromatic N) is 1. The van der Waals surface area contributed by atoms with Gasteiger partial charge in [-0.3, -0.25) is 10.1 Å². The molecule has 0 radical (unpaired) electrons. The average Bonchev–Trinajstić information content (AvgIpc) is 3.39. The summed E-state index contributed by atoms with van der Waals surface area (Å²) in [5.74, 6) is 0.432. The third-order valence-corrected chi connectivity index (χ3v) is 5.86. The molecule has 0 aliphatic carbocycles. The molecular formula is C23H17ClN2O4S. The van der Waals surface area contributed by atoms with Gasteiger partial charge in [0.25, 0.3) is 0 Å². The van der Waals surface area contributed by atoms with Crippen molar-refractivity contribution in [3.05, 3.63) is 76.5 Å². The molecule has 0 bridgehead atoms. The van der Waals surface area contributed by atoms with Crippen LogP contribution in [0.5, 0.6) is 0 Å². The fourth-order valence-corrected chi connectivity index (χ4v) is 3.96. The van der Waals surface area contributed by atoms with E-state index in [1.54, 1.807) is 30.3 Å². The van der Waals surface area contributed by atoms with E-state index in [0.717, 1.165) is 15.8 Å². The zero-order chi connectivity index (χ0) is 22.0. The molecule has 0 aliphatic rings. The molecule has 4 rings (SSSR count). The minimum Gasteiger partial charge on any atom is -0.465 e. The highest BCUT2D eigenvalue weighted by Crippen LogP contribution is 2.28. The van der Waals surface area contributed by atoms with Crippen LogP contribution in [0, 0.1) is 6.92 Å². The van der Waals surface area contributed by atoms with E-state index >= 15 is 0 Å². The predicted molar refractivity (Wildman–Crippen MR) is 123 cm³/mol. The Morgan fingerprint density at radius 3 is 2.77 bits per heavy atom. The number of thiazole rings is 1. The number of ether oxygens (including phenoxy) is 1. The molecule has 4 aromatic rings. The van der Waals surface area contributed by atoms with E-state index in [9.17, 15) is 9.59 Å². The van der Waals surface area contributed by atoms with E-state index in [4.69, 9.17) is 20.8 Å². The maximum Gasteiger partial charge on any atom is 0.337 e. The zero-order valence-electron chi connectivity index (χ0n) is 16.6. The van der Waals surface area contributed by atoms with E-state index < -0.39 is 5.97 Å². The average molecular weight is 453 g/mol. The van der Waals surface area contributed by atoms with Crippen molar-refractivity contribution in [1.82, 2.24) is 4.98 Å². The van der Waals surface area contributed by atoms with Gasteiger partial charge in [-0.15, -0.1) is 0 Å². The number of hydrogen-bond acceptors (Lipinski definition) is 6. The number of aryl methyl sites for hydroxylation is 1. The number of aromatic nitrogens is 1. The summed E-state index contributed by atoms with van der Waals surface area (Å²) in [5, 5.41) is 3.82. The third kappa shape index (κ3) is 4.68. The Hall–Kier alpha value is -3.42. The molecule has 8 heteroatoms. The first kappa shape index (κ1) is 20.8. The lowest BCUT2D eigenvalue weighted by Crippen LogP contribution is -2.07. The molecule has 2 aromatic heterocycles. The van der Waals surface area contributed by atoms with Crippen LogP contribution in [0.15, 0.2) is 59.0 Å². The first-order valence-corrected chi connectivity index (χ1v) is 10.5. The standard InChI is InChI=1S/C23H17ClN2O4S/c1-13-3-4-14(11-17(13)24)19-9-6-16(30-19)7-10-21(27)26-23-25-18-8-5-15(22(28)29-2)12-20(18)31-23/h3-12H,1-2H3,(H,25,26,27)/b10-7+. The van der Waals surface area contributed by atoms with Crippen LogP contribution >= 0.6 is 22.9 Å². The molecule has 0 fully saturated rings. The second kappa shape index (κ2) is 8.75. The van der Waals surface area contributed by atoms with Crippen LogP contribution in [0.1, 0.15) is 21.7 Å². The van der Waals surface area contributed by atoms with Gasteiger partial charge in [0.1, 0.15) is 11.5 Å². The number of carbonyl (C=O) groups is 2. The molecule has 1 amide bonds. The van der Waals surface area contributed by atoms with Crippen molar-refractivity contribution in [2.24, 2.45) is 0 Å². The summed E-state index contributed by atoms with van der Waals surface area (Å²) in [6.45, 7) is 1.94. The van der Waals surface area contributed by atoms with E-state index in [2.05, 4.69) is 10.3 Å². The molecule has 6 nitrogen and oxygen atoms in total. The number of anilines is 1. The second-order valence-electron chi connectivity index (χ2n) is 6.68. The highest BCUT2D eigenvalue weighted by atomic mass is 35.5. The van der Waals surface area contributed by atoms with Gasteiger partial charge in [-0.2, -0.15) is 0 Å². The van der Waals surface area contributed by atoms with E-state index in [1.165, 1.54) is 24.5 Å². The van der Waals surface area contributed by atoms with Crippen LogP contribution in [0.2, 0.25) is 5.02 Å². The molecule has 0 spiro atoms. The van der Waals surface area contributed by atoms with E-state index in [-0.39, 0.29) is 5.91 Å². The number of hydrogen-bond donors (Lipinski definition) is 1. The van der Waals surface area contributed by atoms with Crippen LogP contribution in [-0.2, 0) is 9.53 Å². The number of nitrogens with one attached hydrogen (secondary N) is 1. The predicted octanol–water partition coefficient (Wildman–Crippen LogP) is 5.96. The highest BCUT2D eigenvalue weighted by molar-refractivity contribution is 7.22. The molecule has 156 valence electrons. The fourth-order valence-electron chi connectivity index (χ4n) is 2.87. The molecule has 0 unspecified atom stereocenters. The number of fused-ring (bicyclic) bond motifs is 1. The molecule has 31 heavy (non-hydrogen) atoms. The topological polar surface area (TPSA) is 81.4 Å². The summed E-state index contributed by atoms with van der Waals surface area (Å²) in [7, 11) is 1.33. The van der Waals surface area contributed by atoms with Crippen molar-refractivity contribution < 1.29 is 18.7 Å². The Balaban J connectivity index is 1.44. The number of halogens is 1. The largest absolute Gasteiger partial charge is 0.465 e. The zero-order valence-corrected chi connectivity index (χ0v) is 18.2. The quantitative estimate of drug-likeness (QED) is 0.298. The second-order valence-corrected chi connectivity index (χ2v) is 8.12. The minimum absolute atomic E-state index is 0.344. The summed E-state index contributed by atoms with van der Waals surface area (Å²) in [6, 6.07) is 14.3. The summed E-state index contributed by atoms with van der Waals surface area (Å²) >= 11 is 7.45. The molecule has 1 N–H and O–H groups in total. The Kier molecular flexibility index (Phi) is 5.88. The molecule has 2 heterocycles. The number of esters is 1. The smallest absolute Gasteiger partial charge is 0.337 e. The molecule has 0 saturated carbocycles. The maximum absolute atomic E-state index is 12.3. The van der Waals surface area contributed by atoms with Crippen LogP contribution in [0.25, 0.3) is 27.6 Å². The SMILES string of the molecule is COC(=O)c1ccc2nc(NC(=O)/C=C/c3ccc(-c4ccc(C)c(Cl)c4)o3)sc2c1. The first-order chi connectivity index (χ1) is 14.9. The monoisotopic (exact) mass is 452 g/mol. The summed E-state index contributed by atoms with van der Waals surface area (Å²) in [4.78, 5) is 28.3. The van der Waals surface area contributed by atoms with Gasteiger partial charge < -0.3 is 9.15 Å². The van der Waals surface area contributed by atoms with Gasteiger partial charge >= 0.3 is 5.97 Å². The number of amides is 1. The Bertz CT molecular complexity index is 1320. The maximum atomic E-state index is 12.3. The van der Waals surface area contributed by atoms with Crippen molar-refractivity contribution in [3.63, 3.8) is 0 Å². The normalized spacial score (nSPS) is 11.2. The summed E-state index contributed by atoms with van der Waals surface area (Å²) in [5.41, 5.74) is 2.97. The van der Waals surface area contributed by atoms with Gasteiger partial charge in [-0.1, -0.05) is 35.1 Å². The Morgan fingerprint density at radius 1 is 1.16 bits per heavy atom. The van der Waals surface area contributed by atoms with Gasteiger partial charge in [-0.05, 0) is 55.0 Å². The van der Waals surface area contributed by atoms with E-state index in [1.807, 2.05) is 31.2 Å². The summed E-state index contributed by atoms with van der Waals surface area (Å²) < 4.78 is 11.3. The summed E-state index contributed by atoms with van der Waals surface area (Å²) in [6.07, 6.45) is 2.95. The third-order valence-electron chi connectivity index (χ3n) is 4.52. The number of furan rings is 1. The van der Waals surface area contributed by atoms with Gasteiger partial charge in [0, 0.05) is 16.7 Å². The molecule has 0 saturated heterocycles. The Labute approximate surface area is 187 Å². The van der Waals surface area contributed by atoms with Crippen molar-refractivity contribution in [3.8, 4) is 11.3 Å². The number of rotatable bonds is 5. The van der Waals surface area contributed by atoms with Gasteiger partial charge in [0.2, 0.25) is 5.91 Å². The van der Waals surface area contributed by atoms with Crippen LogP contribution in [0.3, 0.4) is 0 Å². The van der Waals surface area contributed by atoms with Crippen molar-refractivity contribution in [2.75, 3.05) is 12.4 Å². The van der Waals surface area contributed by atoms with Crippen molar-refractivity contribution >= 4 is 56.2 Å². The van der Waals surface area contributed by atoms with E-state index in [0.29, 0.717) is 32.8 Å². The fraction of sp³-hybridized carbons (Fsp3) is 0.0870. The van der Waals surface area contributed by atoms with Gasteiger partial charge in [0.05, 0.1) is 22.9 Å². The van der Waals surface area contributed by atoms with Crippen LogP contribution in [0.4, 0.5) is 5.13 Å². The lowest BCUT2D eigenvalue weighted by molar-refractivity contribution is -0.111. The number of carbonyl (C=O) groups excluding carboxylic acids is 2. The van der Waals surface area contributed by atoms with Gasteiger partial charge in [-0.25, -0.2) is 9.78 Å². The van der Waals surface area contributed by atoms with Crippen LogP contribution < -0.4 is 5.32 Å². The van der Waals surface area contributed by atoms with Crippen molar-refractivity contribution in [2.45, 2.75) is 6.92 Å². The van der Waals surface area contributed by atoms with Gasteiger partial charge in [0.15, 0.2) is 5.13 Å². The number of methoxy groups -OCH3 is 1. The molecule has 2 aromatic carbocycles. The first-order valence-electron chi connectivity index (χ1n) is 9.27. The molecular weight excluding hydrogens is 436 g/mol.